The highest BCUT2D eigenvalue weighted by Gasteiger charge is 2.24. The van der Waals surface area contributed by atoms with Gasteiger partial charge in [-0.05, 0) is 46.6 Å². The highest BCUT2D eigenvalue weighted by molar-refractivity contribution is 5.48. The number of nitrogens with one attached hydrogen (secondary N) is 1. The standard InChI is InChI=1S/C14H23N3/c1-11(8-16-14(2,3)4)7-13-9-15-10-17(13)12-5-6-12/h7,9-10,12,16H,5-6,8H2,1-4H3. The van der Waals surface area contributed by atoms with E-state index in [-0.39, 0.29) is 5.54 Å². The zero-order valence-corrected chi connectivity index (χ0v) is 11.3. The van der Waals surface area contributed by atoms with E-state index in [1.807, 2.05) is 12.5 Å². The molecule has 1 heterocycles. The fraction of sp³-hybridized carbons (Fsp3) is 0.643. The highest BCUT2D eigenvalue weighted by atomic mass is 15.1. The summed E-state index contributed by atoms with van der Waals surface area (Å²) < 4.78 is 2.29. The number of aromatic nitrogens is 2. The van der Waals surface area contributed by atoms with Gasteiger partial charge in [0, 0.05) is 18.1 Å². The molecule has 0 spiro atoms. The average Bonchev–Trinajstić information content (AvgIpc) is 2.97. The Labute approximate surface area is 104 Å². The second kappa shape index (κ2) is 4.65. The second-order valence-electron chi connectivity index (χ2n) is 6.05. The van der Waals surface area contributed by atoms with Crippen LogP contribution in [0, 0.1) is 0 Å². The van der Waals surface area contributed by atoms with Crippen molar-refractivity contribution in [1.82, 2.24) is 14.9 Å². The van der Waals surface area contributed by atoms with Crippen molar-refractivity contribution in [3.8, 4) is 0 Å². The Hall–Kier alpha value is -1.09. The van der Waals surface area contributed by atoms with Gasteiger partial charge in [0.25, 0.3) is 0 Å². The number of nitrogens with zero attached hydrogens (tertiary/aromatic N) is 2. The largest absolute Gasteiger partial charge is 0.328 e. The molecule has 1 aliphatic rings. The molecule has 3 nitrogen and oxygen atoms in total. The van der Waals surface area contributed by atoms with E-state index < -0.39 is 0 Å². The molecular weight excluding hydrogens is 210 g/mol. The molecule has 0 aromatic carbocycles. The molecule has 3 heteroatoms. The second-order valence-corrected chi connectivity index (χ2v) is 6.05. The maximum Gasteiger partial charge on any atom is 0.0953 e. The quantitative estimate of drug-likeness (QED) is 0.866. The molecule has 17 heavy (non-hydrogen) atoms. The summed E-state index contributed by atoms with van der Waals surface area (Å²) in [6, 6.07) is 0.701. The molecule has 0 atom stereocenters. The van der Waals surface area contributed by atoms with Crippen LogP contribution in [-0.2, 0) is 0 Å². The summed E-state index contributed by atoms with van der Waals surface area (Å²) in [5.41, 5.74) is 2.76. The molecule has 94 valence electrons. The van der Waals surface area contributed by atoms with Crippen molar-refractivity contribution in [2.45, 2.75) is 52.1 Å². The molecule has 1 fully saturated rings. The van der Waals surface area contributed by atoms with Gasteiger partial charge in [-0.15, -0.1) is 0 Å². The number of hydrogen-bond acceptors (Lipinski definition) is 2. The summed E-state index contributed by atoms with van der Waals surface area (Å²) in [6.07, 6.45) is 8.75. The lowest BCUT2D eigenvalue weighted by molar-refractivity contribution is 0.445. The molecule has 1 saturated carbocycles. The van der Waals surface area contributed by atoms with Crippen LogP contribution in [0.25, 0.3) is 6.08 Å². The third kappa shape index (κ3) is 3.70. The molecule has 1 aromatic heterocycles. The van der Waals surface area contributed by atoms with Gasteiger partial charge in [0.05, 0.1) is 18.2 Å². The van der Waals surface area contributed by atoms with Crippen molar-refractivity contribution in [3.05, 3.63) is 23.8 Å². The molecule has 0 amide bonds. The molecule has 2 rings (SSSR count). The first-order chi connectivity index (χ1) is 7.96. The predicted octanol–water partition coefficient (Wildman–Crippen LogP) is 3.01. The van der Waals surface area contributed by atoms with Crippen LogP contribution in [0.2, 0.25) is 0 Å². The summed E-state index contributed by atoms with van der Waals surface area (Å²) in [7, 11) is 0. The smallest absolute Gasteiger partial charge is 0.0953 e. The van der Waals surface area contributed by atoms with Crippen molar-refractivity contribution < 1.29 is 0 Å². The van der Waals surface area contributed by atoms with Gasteiger partial charge in [0.2, 0.25) is 0 Å². The van der Waals surface area contributed by atoms with Crippen LogP contribution in [0.3, 0.4) is 0 Å². The SMILES string of the molecule is CC(=Cc1cncn1C1CC1)CNC(C)(C)C. The summed E-state index contributed by atoms with van der Waals surface area (Å²) in [5.74, 6) is 0. The first kappa shape index (κ1) is 12.4. The molecule has 0 saturated heterocycles. The minimum atomic E-state index is 0.172. The lowest BCUT2D eigenvalue weighted by atomic mass is 10.1. The van der Waals surface area contributed by atoms with E-state index in [2.05, 4.69) is 48.6 Å². The first-order valence-electron chi connectivity index (χ1n) is 6.40. The van der Waals surface area contributed by atoms with Gasteiger partial charge in [0.1, 0.15) is 0 Å². The molecular formula is C14H23N3. The van der Waals surface area contributed by atoms with Crippen molar-refractivity contribution in [2.75, 3.05) is 6.54 Å². The maximum absolute atomic E-state index is 4.24. The van der Waals surface area contributed by atoms with Crippen LogP contribution in [0.5, 0.6) is 0 Å². The predicted molar refractivity (Wildman–Crippen MR) is 71.9 cm³/mol. The van der Waals surface area contributed by atoms with E-state index in [0.29, 0.717) is 6.04 Å². The molecule has 1 N–H and O–H groups in total. The van der Waals surface area contributed by atoms with Gasteiger partial charge in [0.15, 0.2) is 0 Å². The fourth-order valence-corrected chi connectivity index (χ4v) is 1.79. The Balaban J connectivity index is 1.99. The fourth-order valence-electron chi connectivity index (χ4n) is 1.79. The Morgan fingerprint density at radius 1 is 1.53 bits per heavy atom. The Kier molecular flexibility index (Phi) is 3.38. The van der Waals surface area contributed by atoms with Crippen LogP contribution < -0.4 is 5.32 Å². The number of hydrogen-bond donors (Lipinski definition) is 1. The first-order valence-corrected chi connectivity index (χ1v) is 6.40. The number of imidazole rings is 1. The normalized spacial score (nSPS) is 17.5. The minimum Gasteiger partial charge on any atom is -0.328 e. The van der Waals surface area contributed by atoms with Crippen molar-refractivity contribution in [2.24, 2.45) is 0 Å². The third-order valence-corrected chi connectivity index (χ3v) is 2.93. The van der Waals surface area contributed by atoms with Gasteiger partial charge in [-0.25, -0.2) is 4.98 Å². The molecule has 0 unspecified atom stereocenters. The van der Waals surface area contributed by atoms with E-state index in [4.69, 9.17) is 0 Å². The zero-order chi connectivity index (χ0) is 12.5. The van der Waals surface area contributed by atoms with Crippen molar-refractivity contribution in [1.29, 1.82) is 0 Å². The summed E-state index contributed by atoms with van der Waals surface area (Å²) in [6.45, 7) is 9.67. The van der Waals surface area contributed by atoms with Crippen LogP contribution in [0.1, 0.15) is 52.3 Å². The van der Waals surface area contributed by atoms with E-state index in [9.17, 15) is 0 Å². The van der Waals surface area contributed by atoms with Crippen molar-refractivity contribution in [3.63, 3.8) is 0 Å². The summed E-state index contributed by atoms with van der Waals surface area (Å²) in [5, 5.41) is 3.50. The summed E-state index contributed by atoms with van der Waals surface area (Å²) in [4.78, 5) is 4.24. The van der Waals surface area contributed by atoms with E-state index in [1.165, 1.54) is 24.1 Å². The van der Waals surface area contributed by atoms with Crippen LogP contribution in [0.4, 0.5) is 0 Å². The Bertz CT molecular complexity index is 405. The van der Waals surface area contributed by atoms with Crippen LogP contribution >= 0.6 is 0 Å². The molecule has 0 aliphatic heterocycles. The van der Waals surface area contributed by atoms with Gasteiger partial charge >= 0.3 is 0 Å². The maximum atomic E-state index is 4.24. The highest BCUT2D eigenvalue weighted by Crippen LogP contribution is 2.35. The molecule has 0 bridgehead atoms. The van der Waals surface area contributed by atoms with E-state index in [0.717, 1.165) is 6.54 Å². The summed E-state index contributed by atoms with van der Waals surface area (Å²) >= 11 is 0. The van der Waals surface area contributed by atoms with E-state index in [1.54, 1.807) is 0 Å². The van der Waals surface area contributed by atoms with Gasteiger partial charge in [-0.1, -0.05) is 5.57 Å². The van der Waals surface area contributed by atoms with Gasteiger partial charge in [-0.2, -0.15) is 0 Å². The number of rotatable bonds is 4. The van der Waals surface area contributed by atoms with Crippen molar-refractivity contribution >= 4 is 6.08 Å². The molecule has 1 aliphatic carbocycles. The lowest BCUT2D eigenvalue weighted by Gasteiger charge is -2.20. The van der Waals surface area contributed by atoms with Gasteiger partial charge < -0.3 is 9.88 Å². The average molecular weight is 233 g/mol. The van der Waals surface area contributed by atoms with Gasteiger partial charge in [-0.3, -0.25) is 0 Å². The van der Waals surface area contributed by atoms with Crippen LogP contribution in [-0.4, -0.2) is 21.6 Å². The van der Waals surface area contributed by atoms with Crippen LogP contribution in [0.15, 0.2) is 18.1 Å². The minimum absolute atomic E-state index is 0.172. The Morgan fingerprint density at radius 3 is 2.82 bits per heavy atom. The molecule has 1 aromatic rings. The monoisotopic (exact) mass is 233 g/mol. The third-order valence-electron chi connectivity index (χ3n) is 2.93. The Morgan fingerprint density at radius 2 is 2.24 bits per heavy atom. The van der Waals surface area contributed by atoms with E-state index >= 15 is 0 Å². The topological polar surface area (TPSA) is 29.9 Å². The molecule has 0 radical (unpaired) electrons. The zero-order valence-electron chi connectivity index (χ0n) is 11.3. The lowest BCUT2D eigenvalue weighted by Crippen LogP contribution is -2.36.